The zero-order valence-corrected chi connectivity index (χ0v) is 14.0. The number of rotatable bonds is 2. The molecule has 1 N–H and O–H groups in total. The molecule has 6 heteroatoms. The summed E-state index contributed by atoms with van der Waals surface area (Å²) in [6, 6.07) is 5.99. The third kappa shape index (κ3) is 2.14. The van der Waals surface area contributed by atoms with Gasteiger partial charge in [-0.3, -0.25) is 9.36 Å². The first-order valence-corrected chi connectivity index (χ1v) is 8.01. The second-order valence-corrected chi connectivity index (χ2v) is 6.13. The van der Waals surface area contributed by atoms with Gasteiger partial charge in [-0.25, -0.2) is 9.97 Å². The number of fused-ring (bicyclic) bond motifs is 1. The van der Waals surface area contributed by atoms with Crippen LogP contribution in [0.2, 0.25) is 0 Å². The molecule has 3 aromatic rings. The van der Waals surface area contributed by atoms with Crippen molar-refractivity contribution in [3.8, 4) is 17.3 Å². The van der Waals surface area contributed by atoms with E-state index in [2.05, 4.69) is 15.3 Å². The first kappa shape index (κ1) is 14.7. The van der Waals surface area contributed by atoms with Gasteiger partial charge in [0, 0.05) is 42.9 Å². The zero-order chi connectivity index (χ0) is 16.8. The van der Waals surface area contributed by atoms with Gasteiger partial charge < -0.3 is 9.88 Å². The number of hydrogen-bond acceptors (Lipinski definition) is 3. The lowest BCUT2D eigenvalue weighted by atomic mass is 10.00. The summed E-state index contributed by atoms with van der Waals surface area (Å²) in [5.74, 6) is 1.57. The summed E-state index contributed by atoms with van der Waals surface area (Å²) in [5, 5.41) is 2.90. The van der Waals surface area contributed by atoms with Gasteiger partial charge in [-0.2, -0.15) is 0 Å². The highest BCUT2D eigenvalue weighted by Gasteiger charge is 2.19. The van der Waals surface area contributed by atoms with Crippen molar-refractivity contribution < 1.29 is 4.79 Å². The Morgan fingerprint density at radius 3 is 2.79 bits per heavy atom. The van der Waals surface area contributed by atoms with Crippen LogP contribution in [-0.2, 0) is 13.5 Å². The van der Waals surface area contributed by atoms with E-state index >= 15 is 0 Å². The normalized spacial score (nSPS) is 13.7. The van der Waals surface area contributed by atoms with Crippen LogP contribution in [0.25, 0.3) is 17.3 Å². The lowest BCUT2D eigenvalue weighted by Crippen LogP contribution is -2.31. The highest BCUT2D eigenvalue weighted by molar-refractivity contribution is 5.97. The van der Waals surface area contributed by atoms with Gasteiger partial charge in [0.25, 0.3) is 5.91 Å². The summed E-state index contributed by atoms with van der Waals surface area (Å²) in [6.07, 6.45) is 4.53. The lowest BCUT2D eigenvalue weighted by Gasteiger charge is -2.18. The van der Waals surface area contributed by atoms with Gasteiger partial charge in [-0.1, -0.05) is 6.07 Å². The molecule has 0 aliphatic carbocycles. The minimum Gasteiger partial charge on any atom is -0.352 e. The number of aromatic nitrogens is 4. The predicted molar refractivity (Wildman–Crippen MR) is 91.3 cm³/mol. The predicted octanol–water partition coefficient (Wildman–Crippen LogP) is 2.18. The molecule has 0 saturated carbocycles. The molecule has 1 amide bonds. The van der Waals surface area contributed by atoms with Crippen LogP contribution in [0.15, 0.2) is 30.6 Å². The van der Waals surface area contributed by atoms with E-state index in [-0.39, 0.29) is 5.91 Å². The van der Waals surface area contributed by atoms with Crippen molar-refractivity contribution in [1.29, 1.82) is 0 Å². The van der Waals surface area contributed by atoms with Gasteiger partial charge in [0.2, 0.25) is 0 Å². The van der Waals surface area contributed by atoms with Crippen LogP contribution < -0.4 is 5.32 Å². The van der Waals surface area contributed by atoms with Gasteiger partial charge in [-0.05, 0) is 38.0 Å². The minimum atomic E-state index is -0.0107. The number of aryl methyl sites for hydroxylation is 1. The molecule has 0 unspecified atom stereocenters. The fourth-order valence-electron chi connectivity index (χ4n) is 3.14. The maximum absolute atomic E-state index is 12.1. The molecular weight excluding hydrogens is 302 g/mol. The molecule has 0 saturated heterocycles. The summed E-state index contributed by atoms with van der Waals surface area (Å²) in [6.45, 7) is 4.74. The second-order valence-electron chi connectivity index (χ2n) is 6.13. The first-order chi connectivity index (χ1) is 11.6. The smallest absolute Gasteiger partial charge is 0.251 e. The number of carbonyl (C=O) groups excluding carboxylic acids is 1. The Bertz CT molecular complexity index is 950. The van der Waals surface area contributed by atoms with Gasteiger partial charge in [-0.15, -0.1) is 0 Å². The van der Waals surface area contributed by atoms with Crippen LogP contribution in [0.4, 0.5) is 0 Å². The van der Waals surface area contributed by atoms with Crippen LogP contribution in [0.1, 0.15) is 27.3 Å². The second kappa shape index (κ2) is 5.33. The monoisotopic (exact) mass is 321 g/mol. The van der Waals surface area contributed by atoms with Crippen molar-refractivity contribution in [3.63, 3.8) is 0 Å². The molecule has 3 heterocycles. The lowest BCUT2D eigenvalue weighted by molar-refractivity contribution is 0.0946. The van der Waals surface area contributed by atoms with E-state index in [0.717, 1.165) is 46.3 Å². The summed E-state index contributed by atoms with van der Waals surface area (Å²) >= 11 is 0. The number of benzene rings is 1. The van der Waals surface area contributed by atoms with E-state index in [1.165, 1.54) is 0 Å². The molecule has 0 fully saturated rings. The average Bonchev–Trinajstić information content (AvgIpc) is 3.16. The Balaban J connectivity index is 1.85. The molecule has 2 aromatic heterocycles. The third-order valence-electron chi connectivity index (χ3n) is 4.75. The summed E-state index contributed by atoms with van der Waals surface area (Å²) in [7, 11) is 1.99. The van der Waals surface area contributed by atoms with Gasteiger partial charge in [0.05, 0.1) is 5.69 Å². The minimum absolute atomic E-state index is 0.0107. The van der Waals surface area contributed by atoms with Crippen molar-refractivity contribution in [1.82, 2.24) is 24.4 Å². The standard InChI is InChI=1S/C18H19N5O/c1-11-12(2)22(3)17(21-11)16-19-8-9-23(16)14-5-4-13-6-7-20-18(24)15(13)10-14/h4-5,8-10H,6-7H2,1-3H3,(H,20,24). The van der Waals surface area contributed by atoms with Crippen molar-refractivity contribution in [2.45, 2.75) is 20.3 Å². The maximum atomic E-state index is 12.1. The molecule has 0 bridgehead atoms. The first-order valence-electron chi connectivity index (χ1n) is 8.01. The SMILES string of the molecule is Cc1nc(-c2nccn2-c2ccc3c(c2)C(=O)NCC3)n(C)c1C. The molecule has 0 spiro atoms. The fourth-order valence-corrected chi connectivity index (χ4v) is 3.14. The van der Waals surface area contributed by atoms with Crippen LogP contribution in [0.3, 0.4) is 0 Å². The summed E-state index contributed by atoms with van der Waals surface area (Å²) in [5.41, 5.74) is 4.85. The van der Waals surface area contributed by atoms with Crippen LogP contribution in [-0.4, -0.2) is 31.6 Å². The molecule has 4 rings (SSSR count). The number of hydrogen-bond donors (Lipinski definition) is 1. The number of nitrogens with one attached hydrogen (secondary N) is 1. The zero-order valence-electron chi connectivity index (χ0n) is 14.0. The Labute approximate surface area is 140 Å². The molecule has 24 heavy (non-hydrogen) atoms. The Kier molecular flexibility index (Phi) is 3.26. The van der Waals surface area contributed by atoms with E-state index in [4.69, 9.17) is 0 Å². The molecule has 6 nitrogen and oxygen atoms in total. The van der Waals surface area contributed by atoms with Crippen molar-refractivity contribution in [3.05, 3.63) is 53.1 Å². The Morgan fingerprint density at radius 1 is 1.21 bits per heavy atom. The van der Waals surface area contributed by atoms with E-state index < -0.39 is 0 Å². The fraction of sp³-hybridized carbons (Fsp3) is 0.278. The molecular formula is C18H19N5O. The van der Waals surface area contributed by atoms with Crippen LogP contribution >= 0.6 is 0 Å². The van der Waals surface area contributed by atoms with E-state index in [1.807, 2.05) is 54.4 Å². The van der Waals surface area contributed by atoms with Gasteiger partial charge >= 0.3 is 0 Å². The van der Waals surface area contributed by atoms with Gasteiger partial charge in [0.15, 0.2) is 11.6 Å². The van der Waals surface area contributed by atoms with Crippen LogP contribution in [0, 0.1) is 13.8 Å². The quantitative estimate of drug-likeness (QED) is 0.787. The Morgan fingerprint density at radius 2 is 2.04 bits per heavy atom. The summed E-state index contributed by atoms with van der Waals surface area (Å²) < 4.78 is 4.02. The van der Waals surface area contributed by atoms with Gasteiger partial charge in [0.1, 0.15) is 0 Å². The highest BCUT2D eigenvalue weighted by atomic mass is 16.1. The van der Waals surface area contributed by atoms with E-state index in [1.54, 1.807) is 6.20 Å². The molecule has 0 radical (unpaired) electrons. The number of nitrogens with zero attached hydrogens (tertiary/aromatic N) is 4. The molecule has 1 aliphatic rings. The van der Waals surface area contributed by atoms with Crippen molar-refractivity contribution in [2.24, 2.45) is 7.05 Å². The topological polar surface area (TPSA) is 64.7 Å². The number of carbonyl (C=O) groups is 1. The molecule has 122 valence electrons. The number of amides is 1. The largest absolute Gasteiger partial charge is 0.352 e. The van der Waals surface area contributed by atoms with E-state index in [0.29, 0.717) is 6.54 Å². The van der Waals surface area contributed by atoms with Crippen molar-refractivity contribution in [2.75, 3.05) is 6.54 Å². The molecule has 1 aromatic carbocycles. The van der Waals surface area contributed by atoms with E-state index in [9.17, 15) is 4.79 Å². The highest BCUT2D eigenvalue weighted by Crippen LogP contribution is 2.25. The summed E-state index contributed by atoms with van der Waals surface area (Å²) in [4.78, 5) is 21.2. The molecule has 1 aliphatic heterocycles. The Hall–Kier alpha value is -2.89. The van der Waals surface area contributed by atoms with Crippen LogP contribution in [0.5, 0.6) is 0 Å². The van der Waals surface area contributed by atoms with Crippen molar-refractivity contribution >= 4 is 5.91 Å². The maximum Gasteiger partial charge on any atom is 0.251 e. The average molecular weight is 321 g/mol. The molecule has 0 atom stereocenters. The third-order valence-corrected chi connectivity index (χ3v) is 4.75. The number of imidazole rings is 2.